The van der Waals surface area contributed by atoms with Crippen LogP contribution in [0.2, 0.25) is 5.02 Å². The fourth-order valence-electron chi connectivity index (χ4n) is 1.93. The van der Waals surface area contributed by atoms with Crippen LogP contribution in [0.1, 0.15) is 10.4 Å². The van der Waals surface area contributed by atoms with Gasteiger partial charge in [-0.1, -0.05) is 23.7 Å². The van der Waals surface area contributed by atoms with Gasteiger partial charge in [-0.05, 0) is 23.6 Å². The van der Waals surface area contributed by atoms with Crippen LogP contribution in [0.5, 0.6) is 0 Å². The lowest BCUT2D eigenvalue weighted by molar-refractivity contribution is 0.0992. The number of amides is 1. The standard InChI is InChI=1S/C14H10ClN3OS/c1-18(14(19)9-4-2-3-5-10(9)15)13-12-11(6-7-20-12)16-8-17-13/h2-8H,1H3. The molecule has 20 heavy (non-hydrogen) atoms. The number of anilines is 1. The van der Waals surface area contributed by atoms with E-state index in [1.807, 2.05) is 11.4 Å². The molecule has 0 bridgehead atoms. The largest absolute Gasteiger partial charge is 0.294 e. The van der Waals surface area contributed by atoms with Crippen molar-refractivity contribution in [2.75, 3.05) is 11.9 Å². The number of aromatic nitrogens is 2. The number of rotatable bonds is 2. The average Bonchev–Trinajstić information content (AvgIpc) is 2.94. The molecule has 0 atom stereocenters. The Morgan fingerprint density at radius 1 is 1.25 bits per heavy atom. The minimum absolute atomic E-state index is 0.191. The monoisotopic (exact) mass is 303 g/mol. The number of thiophene rings is 1. The van der Waals surface area contributed by atoms with Crippen LogP contribution in [-0.2, 0) is 0 Å². The van der Waals surface area contributed by atoms with Crippen molar-refractivity contribution < 1.29 is 4.79 Å². The fraction of sp³-hybridized carbons (Fsp3) is 0.0714. The first-order chi connectivity index (χ1) is 9.68. The lowest BCUT2D eigenvalue weighted by Gasteiger charge is -2.17. The number of carbonyl (C=O) groups is 1. The Kier molecular flexibility index (Phi) is 3.38. The molecule has 2 heterocycles. The third kappa shape index (κ3) is 2.15. The molecule has 1 aromatic carbocycles. The van der Waals surface area contributed by atoms with E-state index >= 15 is 0 Å². The second kappa shape index (κ2) is 5.19. The molecule has 100 valence electrons. The number of hydrogen-bond acceptors (Lipinski definition) is 4. The molecule has 0 saturated carbocycles. The van der Waals surface area contributed by atoms with E-state index < -0.39 is 0 Å². The Balaban J connectivity index is 2.05. The third-order valence-corrected chi connectivity index (χ3v) is 4.18. The second-order valence-corrected chi connectivity index (χ2v) is 5.50. The average molecular weight is 304 g/mol. The summed E-state index contributed by atoms with van der Waals surface area (Å²) >= 11 is 7.58. The Bertz CT molecular complexity index is 787. The first kappa shape index (κ1) is 13.0. The van der Waals surface area contributed by atoms with Gasteiger partial charge in [0.2, 0.25) is 0 Å². The van der Waals surface area contributed by atoms with Gasteiger partial charge in [0.1, 0.15) is 6.33 Å². The van der Waals surface area contributed by atoms with Gasteiger partial charge < -0.3 is 0 Å². The van der Waals surface area contributed by atoms with Gasteiger partial charge in [-0.2, -0.15) is 0 Å². The van der Waals surface area contributed by atoms with Crippen LogP contribution in [0.3, 0.4) is 0 Å². The van der Waals surface area contributed by atoms with Gasteiger partial charge in [-0.15, -0.1) is 11.3 Å². The topological polar surface area (TPSA) is 46.1 Å². The van der Waals surface area contributed by atoms with Crippen molar-refractivity contribution in [2.24, 2.45) is 0 Å². The summed E-state index contributed by atoms with van der Waals surface area (Å²) in [5, 5.41) is 2.36. The van der Waals surface area contributed by atoms with Crippen LogP contribution in [0, 0.1) is 0 Å². The molecule has 0 N–H and O–H groups in total. The molecule has 0 aliphatic rings. The van der Waals surface area contributed by atoms with Gasteiger partial charge >= 0.3 is 0 Å². The maximum atomic E-state index is 12.5. The first-order valence-electron chi connectivity index (χ1n) is 5.89. The van der Waals surface area contributed by atoms with Crippen molar-refractivity contribution in [1.82, 2.24) is 9.97 Å². The maximum absolute atomic E-state index is 12.5. The number of halogens is 1. The SMILES string of the molecule is CN(C(=O)c1ccccc1Cl)c1ncnc2ccsc12. The van der Waals surface area contributed by atoms with Crippen LogP contribution in [0.25, 0.3) is 10.2 Å². The molecule has 4 nitrogen and oxygen atoms in total. The molecular formula is C14H10ClN3OS. The summed E-state index contributed by atoms with van der Waals surface area (Å²) in [7, 11) is 1.69. The van der Waals surface area contributed by atoms with Crippen molar-refractivity contribution in [3.05, 3.63) is 52.6 Å². The molecule has 0 radical (unpaired) electrons. The van der Waals surface area contributed by atoms with E-state index in [-0.39, 0.29) is 5.91 Å². The second-order valence-electron chi connectivity index (χ2n) is 4.18. The molecule has 0 spiro atoms. The zero-order valence-electron chi connectivity index (χ0n) is 10.6. The van der Waals surface area contributed by atoms with E-state index in [1.54, 1.807) is 31.3 Å². The molecule has 1 amide bonds. The van der Waals surface area contributed by atoms with Crippen molar-refractivity contribution in [3.8, 4) is 0 Å². The van der Waals surface area contributed by atoms with E-state index in [0.29, 0.717) is 16.4 Å². The summed E-state index contributed by atoms with van der Waals surface area (Å²) in [4.78, 5) is 22.4. The number of fused-ring (bicyclic) bond motifs is 1. The molecule has 0 fully saturated rings. The molecule has 0 unspecified atom stereocenters. The highest BCUT2D eigenvalue weighted by atomic mass is 35.5. The summed E-state index contributed by atoms with van der Waals surface area (Å²) in [5.74, 6) is 0.402. The highest BCUT2D eigenvalue weighted by molar-refractivity contribution is 7.17. The number of benzene rings is 1. The summed E-state index contributed by atoms with van der Waals surface area (Å²) in [5.41, 5.74) is 1.29. The zero-order chi connectivity index (χ0) is 14.1. The van der Waals surface area contributed by atoms with Crippen molar-refractivity contribution in [1.29, 1.82) is 0 Å². The molecule has 3 aromatic rings. The Morgan fingerprint density at radius 2 is 2.05 bits per heavy atom. The quantitative estimate of drug-likeness (QED) is 0.726. The third-order valence-electron chi connectivity index (χ3n) is 2.95. The maximum Gasteiger partial charge on any atom is 0.260 e. The highest BCUT2D eigenvalue weighted by Crippen LogP contribution is 2.28. The predicted molar refractivity (Wildman–Crippen MR) is 81.6 cm³/mol. The lowest BCUT2D eigenvalue weighted by atomic mass is 10.2. The minimum Gasteiger partial charge on any atom is -0.294 e. The lowest BCUT2D eigenvalue weighted by Crippen LogP contribution is -2.27. The van der Waals surface area contributed by atoms with Crippen LogP contribution < -0.4 is 4.90 Å². The minimum atomic E-state index is -0.191. The molecule has 0 aliphatic carbocycles. The first-order valence-corrected chi connectivity index (χ1v) is 7.15. The molecule has 6 heteroatoms. The molecule has 0 saturated heterocycles. The molecule has 0 aliphatic heterocycles. The van der Waals surface area contributed by atoms with Crippen LogP contribution in [0.15, 0.2) is 42.0 Å². The van der Waals surface area contributed by atoms with Crippen LogP contribution in [-0.4, -0.2) is 22.9 Å². The van der Waals surface area contributed by atoms with Crippen LogP contribution >= 0.6 is 22.9 Å². The van der Waals surface area contributed by atoms with Gasteiger partial charge in [0.05, 0.1) is 20.8 Å². The van der Waals surface area contributed by atoms with Gasteiger partial charge in [0.15, 0.2) is 5.82 Å². The van der Waals surface area contributed by atoms with Gasteiger partial charge in [0.25, 0.3) is 5.91 Å². The van der Waals surface area contributed by atoms with E-state index in [9.17, 15) is 4.79 Å². The van der Waals surface area contributed by atoms with Crippen molar-refractivity contribution >= 4 is 44.9 Å². The van der Waals surface area contributed by atoms with E-state index in [2.05, 4.69) is 9.97 Å². The van der Waals surface area contributed by atoms with Gasteiger partial charge in [-0.3, -0.25) is 9.69 Å². The van der Waals surface area contributed by atoms with Gasteiger partial charge in [0, 0.05) is 7.05 Å². The Morgan fingerprint density at radius 3 is 2.85 bits per heavy atom. The highest BCUT2D eigenvalue weighted by Gasteiger charge is 2.19. The summed E-state index contributed by atoms with van der Waals surface area (Å²) in [6.45, 7) is 0. The summed E-state index contributed by atoms with van der Waals surface area (Å²) < 4.78 is 0.885. The van der Waals surface area contributed by atoms with E-state index in [1.165, 1.54) is 22.6 Å². The molecular weight excluding hydrogens is 294 g/mol. The Hall–Kier alpha value is -1.98. The van der Waals surface area contributed by atoms with Gasteiger partial charge in [-0.25, -0.2) is 9.97 Å². The van der Waals surface area contributed by atoms with E-state index in [4.69, 9.17) is 11.6 Å². The Labute approximate surface area is 124 Å². The van der Waals surface area contributed by atoms with E-state index in [0.717, 1.165) is 10.2 Å². The van der Waals surface area contributed by atoms with Crippen molar-refractivity contribution in [3.63, 3.8) is 0 Å². The summed E-state index contributed by atoms with van der Waals surface area (Å²) in [6.07, 6.45) is 1.46. The molecule has 3 rings (SSSR count). The smallest absolute Gasteiger partial charge is 0.260 e. The predicted octanol–water partition coefficient (Wildman–Crippen LogP) is 3.62. The molecule has 2 aromatic heterocycles. The van der Waals surface area contributed by atoms with Crippen molar-refractivity contribution in [2.45, 2.75) is 0 Å². The number of carbonyl (C=O) groups excluding carboxylic acids is 1. The number of hydrogen-bond donors (Lipinski definition) is 0. The zero-order valence-corrected chi connectivity index (χ0v) is 12.1. The summed E-state index contributed by atoms with van der Waals surface area (Å²) in [6, 6.07) is 8.88. The fourth-order valence-corrected chi connectivity index (χ4v) is 3.01. The number of nitrogens with zero attached hydrogens (tertiary/aromatic N) is 3. The normalized spacial score (nSPS) is 10.7. The van der Waals surface area contributed by atoms with Crippen LogP contribution in [0.4, 0.5) is 5.82 Å².